The molecule has 0 aliphatic rings. The van der Waals surface area contributed by atoms with E-state index in [1.165, 1.54) is 5.56 Å². The molecule has 0 saturated heterocycles. The Bertz CT molecular complexity index is 284. The molecule has 0 aliphatic heterocycles. The summed E-state index contributed by atoms with van der Waals surface area (Å²) >= 11 is 0. The van der Waals surface area contributed by atoms with Crippen molar-refractivity contribution >= 4 is 12.4 Å². The molecule has 0 fully saturated rings. The lowest BCUT2D eigenvalue weighted by atomic mass is 9.94. The average Bonchev–Trinajstić information content (AvgIpc) is 2.16. The minimum atomic E-state index is -0.474. The molecule has 3 heteroatoms. The summed E-state index contributed by atoms with van der Waals surface area (Å²) in [5.41, 5.74) is 8.14. The molecule has 0 spiro atoms. The quantitative estimate of drug-likeness (QED) is 0.837. The third-order valence-electron chi connectivity index (χ3n) is 2.51. The number of rotatable bonds is 3. The predicted molar refractivity (Wildman–Crippen MR) is 66.2 cm³/mol. The van der Waals surface area contributed by atoms with Crippen molar-refractivity contribution in [3.8, 4) is 0 Å². The van der Waals surface area contributed by atoms with Crippen LogP contribution in [0.3, 0.4) is 0 Å². The minimum absolute atomic E-state index is 0. The Balaban J connectivity index is 0.00000196. The third-order valence-corrected chi connectivity index (χ3v) is 2.51. The molecule has 2 atom stereocenters. The molecule has 15 heavy (non-hydrogen) atoms. The van der Waals surface area contributed by atoms with E-state index < -0.39 is 6.10 Å². The first-order valence-corrected chi connectivity index (χ1v) is 5.02. The summed E-state index contributed by atoms with van der Waals surface area (Å²) in [6.07, 6.45) is -0.474. The standard InChI is InChI=1S/C12H19NO.ClH/c1-8(2)12(14)11(13)10-6-4-9(3)5-7-10;/h4-8,11-12,14H,13H2,1-3H3;1H/t11-,12+;/m1./s1. The van der Waals surface area contributed by atoms with Crippen molar-refractivity contribution < 1.29 is 5.11 Å². The zero-order valence-electron chi connectivity index (χ0n) is 9.47. The molecular weight excluding hydrogens is 210 g/mol. The van der Waals surface area contributed by atoms with Gasteiger partial charge in [-0.05, 0) is 18.4 Å². The Kier molecular flexibility index (Phi) is 5.88. The van der Waals surface area contributed by atoms with Crippen LogP contribution >= 0.6 is 12.4 Å². The molecule has 0 saturated carbocycles. The zero-order valence-corrected chi connectivity index (χ0v) is 10.3. The predicted octanol–water partition coefficient (Wildman–Crippen LogP) is 2.43. The van der Waals surface area contributed by atoms with E-state index >= 15 is 0 Å². The first-order valence-electron chi connectivity index (χ1n) is 5.02. The molecule has 0 heterocycles. The second-order valence-corrected chi connectivity index (χ2v) is 4.17. The van der Waals surface area contributed by atoms with E-state index in [0.717, 1.165) is 5.56 Å². The number of halogens is 1. The molecule has 1 rings (SSSR count). The van der Waals surface area contributed by atoms with E-state index in [1.54, 1.807) is 0 Å². The number of hydrogen-bond donors (Lipinski definition) is 2. The van der Waals surface area contributed by atoms with E-state index in [4.69, 9.17) is 5.73 Å². The zero-order chi connectivity index (χ0) is 10.7. The van der Waals surface area contributed by atoms with Gasteiger partial charge in [0.25, 0.3) is 0 Å². The van der Waals surface area contributed by atoms with E-state index in [1.807, 2.05) is 45.0 Å². The monoisotopic (exact) mass is 229 g/mol. The molecule has 0 aromatic heterocycles. The largest absolute Gasteiger partial charge is 0.391 e. The van der Waals surface area contributed by atoms with Crippen LogP contribution in [0.1, 0.15) is 31.0 Å². The van der Waals surface area contributed by atoms with Crippen LogP contribution in [0.15, 0.2) is 24.3 Å². The van der Waals surface area contributed by atoms with Gasteiger partial charge < -0.3 is 10.8 Å². The molecule has 2 nitrogen and oxygen atoms in total. The lowest BCUT2D eigenvalue weighted by Crippen LogP contribution is -2.30. The Morgan fingerprint density at radius 1 is 1.13 bits per heavy atom. The van der Waals surface area contributed by atoms with Gasteiger partial charge in [-0.1, -0.05) is 43.7 Å². The van der Waals surface area contributed by atoms with Crippen molar-refractivity contribution in [1.82, 2.24) is 0 Å². The first-order chi connectivity index (χ1) is 6.52. The maximum atomic E-state index is 9.79. The second kappa shape index (κ2) is 6.11. The molecule has 1 aromatic rings. The Morgan fingerprint density at radius 3 is 2.00 bits per heavy atom. The summed E-state index contributed by atoms with van der Waals surface area (Å²) in [5, 5.41) is 9.79. The van der Waals surface area contributed by atoms with E-state index in [2.05, 4.69) is 0 Å². The van der Waals surface area contributed by atoms with Crippen LogP contribution in [0.25, 0.3) is 0 Å². The number of aryl methyl sites for hydroxylation is 1. The summed E-state index contributed by atoms with van der Waals surface area (Å²) in [6, 6.07) is 7.71. The number of aliphatic hydroxyl groups is 1. The van der Waals surface area contributed by atoms with Gasteiger partial charge in [0.2, 0.25) is 0 Å². The number of benzene rings is 1. The molecule has 3 N–H and O–H groups in total. The van der Waals surface area contributed by atoms with Crippen LogP contribution in [0.4, 0.5) is 0 Å². The number of nitrogens with two attached hydrogens (primary N) is 1. The van der Waals surface area contributed by atoms with E-state index in [0.29, 0.717) is 0 Å². The van der Waals surface area contributed by atoms with Crippen molar-refractivity contribution in [3.63, 3.8) is 0 Å². The van der Waals surface area contributed by atoms with Gasteiger partial charge in [0.1, 0.15) is 0 Å². The summed E-state index contributed by atoms with van der Waals surface area (Å²) < 4.78 is 0. The van der Waals surface area contributed by atoms with E-state index in [-0.39, 0.29) is 24.4 Å². The highest BCUT2D eigenvalue weighted by molar-refractivity contribution is 5.85. The molecular formula is C12H20ClNO. The van der Waals surface area contributed by atoms with Gasteiger partial charge in [0.05, 0.1) is 12.1 Å². The highest BCUT2D eigenvalue weighted by atomic mass is 35.5. The average molecular weight is 230 g/mol. The van der Waals surface area contributed by atoms with Crippen LogP contribution in [0.2, 0.25) is 0 Å². The Hall–Kier alpha value is -0.570. The summed E-state index contributed by atoms with van der Waals surface area (Å²) in [7, 11) is 0. The van der Waals surface area contributed by atoms with Gasteiger partial charge in [0, 0.05) is 0 Å². The molecule has 0 unspecified atom stereocenters. The van der Waals surface area contributed by atoms with Crippen molar-refractivity contribution in [2.24, 2.45) is 11.7 Å². The van der Waals surface area contributed by atoms with Gasteiger partial charge in [0.15, 0.2) is 0 Å². The van der Waals surface area contributed by atoms with Crippen LogP contribution in [-0.4, -0.2) is 11.2 Å². The lowest BCUT2D eigenvalue weighted by molar-refractivity contribution is 0.0979. The fraction of sp³-hybridized carbons (Fsp3) is 0.500. The van der Waals surface area contributed by atoms with Crippen LogP contribution in [0.5, 0.6) is 0 Å². The van der Waals surface area contributed by atoms with Crippen LogP contribution < -0.4 is 5.73 Å². The number of hydrogen-bond acceptors (Lipinski definition) is 2. The Labute approximate surface area is 97.9 Å². The molecule has 0 bridgehead atoms. The highest BCUT2D eigenvalue weighted by Crippen LogP contribution is 2.19. The van der Waals surface area contributed by atoms with Gasteiger partial charge in [-0.2, -0.15) is 0 Å². The third kappa shape index (κ3) is 3.82. The van der Waals surface area contributed by atoms with Gasteiger partial charge in [-0.3, -0.25) is 0 Å². The molecule has 0 aliphatic carbocycles. The molecule has 1 aromatic carbocycles. The van der Waals surface area contributed by atoms with Gasteiger partial charge in [-0.15, -0.1) is 12.4 Å². The molecule has 0 radical (unpaired) electrons. The summed E-state index contributed by atoms with van der Waals surface area (Å²) in [5.74, 6) is 0.186. The lowest BCUT2D eigenvalue weighted by Gasteiger charge is -2.22. The second-order valence-electron chi connectivity index (χ2n) is 4.17. The maximum Gasteiger partial charge on any atom is 0.0755 e. The van der Waals surface area contributed by atoms with Crippen molar-refractivity contribution in [1.29, 1.82) is 0 Å². The van der Waals surface area contributed by atoms with Gasteiger partial charge in [-0.25, -0.2) is 0 Å². The van der Waals surface area contributed by atoms with Crippen LogP contribution in [0, 0.1) is 12.8 Å². The SMILES string of the molecule is Cc1ccc([C@@H](N)[C@@H](O)C(C)C)cc1.Cl. The van der Waals surface area contributed by atoms with E-state index in [9.17, 15) is 5.11 Å². The minimum Gasteiger partial charge on any atom is -0.391 e. The highest BCUT2D eigenvalue weighted by Gasteiger charge is 2.19. The Morgan fingerprint density at radius 2 is 1.60 bits per heavy atom. The normalized spacial score (nSPS) is 14.5. The van der Waals surface area contributed by atoms with Crippen LogP contribution in [-0.2, 0) is 0 Å². The molecule has 86 valence electrons. The van der Waals surface area contributed by atoms with Gasteiger partial charge >= 0.3 is 0 Å². The van der Waals surface area contributed by atoms with Crippen molar-refractivity contribution in [2.75, 3.05) is 0 Å². The summed E-state index contributed by atoms with van der Waals surface area (Å²) in [4.78, 5) is 0. The first kappa shape index (κ1) is 14.4. The fourth-order valence-electron chi connectivity index (χ4n) is 1.40. The molecule has 0 amide bonds. The smallest absolute Gasteiger partial charge is 0.0755 e. The van der Waals surface area contributed by atoms with Crippen molar-refractivity contribution in [3.05, 3.63) is 35.4 Å². The maximum absolute atomic E-state index is 9.79. The topological polar surface area (TPSA) is 46.2 Å². The number of aliphatic hydroxyl groups excluding tert-OH is 1. The summed E-state index contributed by atoms with van der Waals surface area (Å²) in [6.45, 7) is 5.98. The van der Waals surface area contributed by atoms with Crippen molar-refractivity contribution in [2.45, 2.75) is 32.9 Å². The fourth-order valence-corrected chi connectivity index (χ4v) is 1.40.